The highest BCUT2D eigenvalue weighted by molar-refractivity contribution is 6.24. The van der Waals surface area contributed by atoms with E-state index in [1.54, 1.807) is 0 Å². The van der Waals surface area contributed by atoms with Crippen molar-refractivity contribution >= 4 is 41.8 Å². The van der Waals surface area contributed by atoms with E-state index in [0.717, 1.165) is 18.2 Å². The number of carboxylic acids is 7. The van der Waals surface area contributed by atoms with Crippen LogP contribution in [-0.4, -0.2) is 77.5 Å². The maximum Gasteiger partial charge on any atom is 0.337 e. The molecule has 0 saturated carbocycles. The lowest BCUT2D eigenvalue weighted by Crippen LogP contribution is -2.49. The highest BCUT2D eigenvalue weighted by Crippen LogP contribution is 2.28. The first kappa shape index (κ1) is 32.9. The molecule has 0 aliphatic rings. The topological polar surface area (TPSA) is 261 Å². The van der Waals surface area contributed by atoms with Gasteiger partial charge in [-0.1, -0.05) is 26.3 Å². The monoisotopic (exact) mass is 434 g/mol. The van der Waals surface area contributed by atoms with E-state index in [1.807, 2.05) is 0 Å². The van der Waals surface area contributed by atoms with Crippen LogP contribution in [0.3, 0.4) is 0 Å². The van der Waals surface area contributed by atoms with Gasteiger partial charge < -0.3 is 35.7 Å². The Kier molecular flexibility index (Phi) is 18.0. The zero-order valence-corrected chi connectivity index (χ0v) is 15.0. The van der Waals surface area contributed by atoms with E-state index < -0.39 is 52.8 Å². The molecule has 14 nitrogen and oxygen atoms in total. The molecule has 0 atom stereocenters. The summed E-state index contributed by atoms with van der Waals surface area (Å²) in [6.45, 7) is 11.5. The Morgan fingerprint density at radius 2 is 0.700 bits per heavy atom. The lowest BCUT2D eigenvalue weighted by atomic mass is 9.81. The molecule has 0 aromatic rings. The van der Waals surface area contributed by atoms with Gasteiger partial charge in [0, 0.05) is 18.2 Å². The van der Waals surface area contributed by atoms with Crippen molar-refractivity contribution in [1.29, 1.82) is 0 Å². The molecule has 0 amide bonds. The second kappa shape index (κ2) is 16.4. The number of hydrogen-bond acceptors (Lipinski definition) is 7. The van der Waals surface area contributed by atoms with Crippen LogP contribution in [0, 0.1) is 5.41 Å². The van der Waals surface area contributed by atoms with E-state index in [1.165, 1.54) is 0 Å². The number of hydrogen-bond donors (Lipinski definition) is 7. The van der Waals surface area contributed by atoms with Gasteiger partial charge >= 0.3 is 41.8 Å². The van der Waals surface area contributed by atoms with Gasteiger partial charge in [-0.2, -0.15) is 0 Å². The number of aliphatic carboxylic acids is 7. The molecule has 0 aliphatic carbocycles. The average molecular weight is 434 g/mol. The van der Waals surface area contributed by atoms with E-state index in [2.05, 4.69) is 26.3 Å². The second-order valence-corrected chi connectivity index (χ2v) is 4.08. The Balaban J connectivity index is -0.000000184. The Labute approximate surface area is 167 Å². The quantitative estimate of drug-likeness (QED) is 0.190. The summed E-state index contributed by atoms with van der Waals surface area (Å²) in [6.07, 6.45) is 2.50. The molecule has 0 heterocycles. The molecule has 0 saturated heterocycles. The first-order valence-electron chi connectivity index (χ1n) is 6.69. The fraction of sp³-hybridized carbons (Fsp3) is 0.0625. The molecule has 0 aromatic heterocycles. The van der Waals surface area contributed by atoms with Crippen LogP contribution >= 0.6 is 0 Å². The van der Waals surface area contributed by atoms with Gasteiger partial charge in [-0.15, -0.1) is 0 Å². The maximum atomic E-state index is 10.6. The lowest BCUT2D eigenvalue weighted by molar-refractivity contribution is -0.174. The molecule has 0 rings (SSSR count). The molecule has 0 aromatic carbocycles. The van der Waals surface area contributed by atoms with E-state index in [0.29, 0.717) is 0 Å². The van der Waals surface area contributed by atoms with E-state index >= 15 is 0 Å². The molecule has 14 heteroatoms. The first-order valence-corrected chi connectivity index (χ1v) is 6.69. The fourth-order valence-corrected chi connectivity index (χ4v) is 0.822. The van der Waals surface area contributed by atoms with E-state index in [-0.39, 0.29) is 0 Å². The minimum absolute atomic E-state index is 0.833. The molecular formula is C16H18O14. The zero-order chi connectivity index (χ0) is 25.2. The van der Waals surface area contributed by atoms with Gasteiger partial charge in [0.15, 0.2) is 0 Å². The van der Waals surface area contributed by atoms with Crippen molar-refractivity contribution in [3.05, 3.63) is 50.1 Å². The summed E-state index contributed by atoms with van der Waals surface area (Å²) in [5.74, 6) is -11.9. The number of rotatable bonds is 8. The fourth-order valence-electron chi connectivity index (χ4n) is 0.822. The molecule has 7 N–H and O–H groups in total. The molecule has 166 valence electrons. The summed E-state index contributed by atoms with van der Waals surface area (Å²) in [4.78, 5) is 69.8. The first-order chi connectivity index (χ1) is 13.5. The van der Waals surface area contributed by atoms with Crippen LogP contribution in [0.2, 0.25) is 0 Å². The Morgan fingerprint density at radius 1 is 0.533 bits per heavy atom. The minimum atomic E-state index is -3.56. The predicted molar refractivity (Wildman–Crippen MR) is 95.6 cm³/mol. The summed E-state index contributed by atoms with van der Waals surface area (Å²) in [6, 6.07) is 0. The van der Waals surface area contributed by atoms with Crippen molar-refractivity contribution in [1.82, 2.24) is 0 Å². The summed E-state index contributed by atoms with van der Waals surface area (Å²) in [5, 5.41) is 56.7. The normalized spacial score (nSPS) is 8.40. The van der Waals surface area contributed by atoms with Crippen molar-refractivity contribution in [2.24, 2.45) is 5.41 Å². The summed E-state index contributed by atoms with van der Waals surface area (Å²) < 4.78 is 0. The van der Waals surface area contributed by atoms with Crippen LogP contribution in [0.15, 0.2) is 50.1 Å². The lowest BCUT2D eigenvalue weighted by Gasteiger charge is -2.19. The van der Waals surface area contributed by atoms with E-state index in [9.17, 15) is 33.6 Å². The smallest absolute Gasteiger partial charge is 0.337 e. The van der Waals surface area contributed by atoms with Gasteiger partial charge in [0.2, 0.25) is 0 Å². The van der Waals surface area contributed by atoms with Crippen LogP contribution in [0.1, 0.15) is 0 Å². The molecular weight excluding hydrogens is 416 g/mol. The van der Waals surface area contributed by atoms with Gasteiger partial charge in [0.05, 0.1) is 5.57 Å². The third-order valence-electron chi connectivity index (χ3n) is 2.20. The Hall–Kier alpha value is -4.75. The van der Waals surface area contributed by atoms with Crippen LogP contribution in [0.25, 0.3) is 0 Å². The van der Waals surface area contributed by atoms with Gasteiger partial charge in [-0.25, -0.2) is 33.6 Å². The van der Waals surface area contributed by atoms with E-state index in [4.69, 9.17) is 35.7 Å². The summed E-state index contributed by atoms with van der Waals surface area (Å²) >= 11 is 0. The predicted octanol–water partition coefficient (Wildman–Crippen LogP) is -0.362. The minimum Gasteiger partial charge on any atom is -0.480 e. The molecule has 30 heavy (non-hydrogen) atoms. The Morgan fingerprint density at radius 3 is 0.733 bits per heavy atom. The molecule has 0 spiro atoms. The average Bonchev–Trinajstić information content (AvgIpc) is 2.62. The molecule has 0 bridgehead atoms. The van der Waals surface area contributed by atoms with Crippen molar-refractivity contribution in [3.8, 4) is 0 Å². The number of carboxylic acid groups (broad SMARTS) is 7. The van der Waals surface area contributed by atoms with Crippen molar-refractivity contribution in [2.75, 3.05) is 0 Å². The summed E-state index contributed by atoms with van der Waals surface area (Å²) in [7, 11) is 0. The van der Waals surface area contributed by atoms with Crippen molar-refractivity contribution in [2.45, 2.75) is 0 Å². The molecule has 0 unspecified atom stereocenters. The molecule has 0 radical (unpaired) electrons. The summed E-state index contributed by atoms with van der Waals surface area (Å²) in [5.41, 5.74) is -5.01. The van der Waals surface area contributed by atoms with Crippen molar-refractivity contribution in [3.63, 3.8) is 0 Å². The highest BCUT2D eigenvalue weighted by atomic mass is 16.4. The largest absolute Gasteiger partial charge is 0.480 e. The van der Waals surface area contributed by atoms with Crippen LogP contribution in [-0.2, 0) is 33.6 Å². The van der Waals surface area contributed by atoms with Crippen LogP contribution < -0.4 is 0 Å². The molecule has 0 fully saturated rings. The second-order valence-electron chi connectivity index (χ2n) is 4.08. The van der Waals surface area contributed by atoms with Crippen LogP contribution in [0.5, 0.6) is 0 Å². The zero-order valence-electron chi connectivity index (χ0n) is 15.0. The SMILES string of the molecule is C=C(C(=O)O)C(C(=O)O)(C(=O)O)C(=O)O.C=CC(=O)O.C=CC(=O)O.C=CC(=O)O. The van der Waals surface area contributed by atoms with Gasteiger partial charge in [-0.05, 0) is 0 Å². The van der Waals surface area contributed by atoms with Gasteiger partial charge in [0.25, 0.3) is 5.41 Å². The third-order valence-corrected chi connectivity index (χ3v) is 2.20. The molecule has 0 aliphatic heterocycles. The maximum absolute atomic E-state index is 10.6. The number of carbonyl (C=O) groups is 7. The van der Waals surface area contributed by atoms with Crippen molar-refractivity contribution < 1.29 is 69.3 Å². The van der Waals surface area contributed by atoms with Crippen LogP contribution in [0.4, 0.5) is 0 Å². The third kappa shape index (κ3) is 13.5. The van der Waals surface area contributed by atoms with Gasteiger partial charge in [-0.3, -0.25) is 0 Å². The standard InChI is InChI=1S/C7H6O8.3C3H4O2/c1-2(3(8)9)7(4(10)11,5(12)13)6(14)15;3*1-2-3(4)5/h1H2,(H,8,9)(H,10,11)(H,12,13)(H,14,15);3*2H,1H2,(H,4,5). The highest BCUT2D eigenvalue weighted by Gasteiger charge is 2.59. The Bertz CT molecular complexity index is 664. The van der Waals surface area contributed by atoms with Gasteiger partial charge in [0.1, 0.15) is 0 Å².